The van der Waals surface area contributed by atoms with E-state index in [0.717, 1.165) is 12.1 Å². The van der Waals surface area contributed by atoms with Crippen LogP contribution in [0.3, 0.4) is 0 Å². The van der Waals surface area contributed by atoms with E-state index in [9.17, 15) is 4.39 Å². The van der Waals surface area contributed by atoms with E-state index in [2.05, 4.69) is 27.9 Å². The molecule has 4 nitrogen and oxygen atoms in total. The zero-order valence-electron chi connectivity index (χ0n) is 11.8. The first-order valence-electron chi connectivity index (χ1n) is 6.88. The Morgan fingerprint density at radius 2 is 2.29 bits per heavy atom. The number of thiophene rings is 1. The van der Waals surface area contributed by atoms with Gasteiger partial charge in [0.2, 0.25) is 0 Å². The van der Waals surface area contributed by atoms with E-state index in [0.29, 0.717) is 19.0 Å². The van der Waals surface area contributed by atoms with Crippen LogP contribution in [0.2, 0.25) is 0 Å². The van der Waals surface area contributed by atoms with Gasteiger partial charge in [-0.25, -0.2) is 4.39 Å². The summed E-state index contributed by atoms with van der Waals surface area (Å²) >= 11 is 1.69. The molecule has 0 bridgehead atoms. The highest BCUT2D eigenvalue weighted by Gasteiger charge is 2.43. The molecule has 1 atom stereocenters. The van der Waals surface area contributed by atoms with Crippen LogP contribution in [0.4, 0.5) is 4.39 Å². The van der Waals surface area contributed by atoms with Crippen molar-refractivity contribution >= 4 is 17.3 Å². The molecule has 0 spiro atoms. The minimum absolute atomic E-state index is 0.332. The molecule has 2 aromatic rings. The Morgan fingerprint density at radius 3 is 2.90 bits per heavy atom. The number of halogens is 1. The Balaban J connectivity index is 1.97. The number of aromatic nitrogens is 1. The summed E-state index contributed by atoms with van der Waals surface area (Å²) < 4.78 is 13.2. The van der Waals surface area contributed by atoms with Gasteiger partial charge in [-0.3, -0.25) is 9.98 Å². The molecule has 6 heteroatoms. The van der Waals surface area contributed by atoms with E-state index >= 15 is 0 Å². The molecule has 0 aromatic carbocycles. The maximum atomic E-state index is 13.2. The maximum absolute atomic E-state index is 13.2. The van der Waals surface area contributed by atoms with Gasteiger partial charge in [-0.15, -0.1) is 11.3 Å². The predicted octanol–water partition coefficient (Wildman–Crippen LogP) is 2.72. The number of pyridine rings is 1. The van der Waals surface area contributed by atoms with Gasteiger partial charge in [-0.05, 0) is 30.0 Å². The molecule has 0 saturated heterocycles. The van der Waals surface area contributed by atoms with Crippen LogP contribution in [-0.4, -0.2) is 22.4 Å². The van der Waals surface area contributed by atoms with E-state index in [1.807, 2.05) is 11.4 Å². The molecule has 0 amide bonds. The van der Waals surface area contributed by atoms with Gasteiger partial charge in [0.15, 0.2) is 5.96 Å². The number of nitrogens with two attached hydrogens (primary N) is 1. The van der Waals surface area contributed by atoms with Crippen LogP contribution < -0.4 is 5.73 Å². The maximum Gasteiger partial charge on any atom is 0.192 e. The van der Waals surface area contributed by atoms with Crippen molar-refractivity contribution in [1.82, 2.24) is 9.88 Å². The highest BCUT2D eigenvalue weighted by Crippen LogP contribution is 2.36. The van der Waals surface area contributed by atoms with Gasteiger partial charge in [0.05, 0.1) is 25.0 Å². The zero-order chi connectivity index (χ0) is 14.9. The van der Waals surface area contributed by atoms with Gasteiger partial charge in [0, 0.05) is 4.88 Å². The number of hydrogen-bond acceptors (Lipinski definition) is 5. The van der Waals surface area contributed by atoms with Crippen molar-refractivity contribution in [3.05, 3.63) is 52.2 Å². The molecule has 1 aliphatic heterocycles. The SMILES string of the molecule is CCC1(c2ccc(F)cn2)CN=C(N)N1Cc1cccs1. The number of rotatable bonds is 4. The lowest BCUT2D eigenvalue weighted by atomic mass is 9.90. The molecule has 3 rings (SSSR count). The Morgan fingerprint density at radius 1 is 1.43 bits per heavy atom. The minimum Gasteiger partial charge on any atom is -0.370 e. The van der Waals surface area contributed by atoms with Gasteiger partial charge < -0.3 is 10.6 Å². The van der Waals surface area contributed by atoms with E-state index < -0.39 is 0 Å². The molecule has 2 aromatic heterocycles. The minimum atomic E-state index is -0.387. The van der Waals surface area contributed by atoms with Crippen molar-refractivity contribution in [1.29, 1.82) is 0 Å². The molecule has 21 heavy (non-hydrogen) atoms. The molecule has 0 fully saturated rings. The van der Waals surface area contributed by atoms with Crippen LogP contribution in [0, 0.1) is 5.82 Å². The average Bonchev–Trinajstić information content (AvgIpc) is 3.11. The highest BCUT2D eigenvalue weighted by atomic mass is 32.1. The molecule has 0 aliphatic carbocycles. The van der Waals surface area contributed by atoms with E-state index in [1.165, 1.54) is 17.1 Å². The summed E-state index contributed by atoms with van der Waals surface area (Å²) in [6, 6.07) is 7.27. The van der Waals surface area contributed by atoms with Crippen molar-refractivity contribution in [2.24, 2.45) is 10.7 Å². The lowest BCUT2D eigenvalue weighted by Crippen LogP contribution is -2.48. The average molecular weight is 304 g/mol. The van der Waals surface area contributed by atoms with Crippen LogP contribution in [-0.2, 0) is 12.1 Å². The topological polar surface area (TPSA) is 54.5 Å². The fourth-order valence-corrected chi connectivity index (χ4v) is 3.44. The highest BCUT2D eigenvalue weighted by molar-refractivity contribution is 7.09. The van der Waals surface area contributed by atoms with Crippen LogP contribution in [0.5, 0.6) is 0 Å². The second-order valence-electron chi connectivity index (χ2n) is 5.09. The van der Waals surface area contributed by atoms with Gasteiger partial charge in [-0.2, -0.15) is 0 Å². The lowest BCUT2D eigenvalue weighted by Gasteiger charge is -2.38. The fraction of sp³-hybridized carbons (Fsp3) is 0.333. The quantitative estimate of drug-likeness (QED) is 0.945. The molecule has 1 unspecified atom stereocenters. The molecule has 2 N–H and O–H groups in total. The third-order valence-electron chi connectivity index (χ3n) is 3.98. The van der Waals surface area contributed by atoms with Gasteiger partial charge in [-0.1, -0.05) is 13.0 Å². The largest absolute Gasteiger partial charge is 0.370 e. The van der Waals surface area contributed by atoms with Crippen molar-refractivity contribution in [3.8, 4) is 0 Å². The van der Waals surface area contributed by atoms with E-state index in [1.54, 1.807) is 17.4 Å². The fourth-order valence-electron chi connectivity index (χ4n) is 2.75. The molecule has 0 radical (unpaired) electrons. The molecule has 0 saturated carbocycles. The van der Waals surface area contributed by atoms with Crippen LogP contribution in [0.15, 0.2) is 40.8 Å². The molecular weight excluding hydrogens is 287 g/mol. The normalized spacial score (nSPS) is 21.6. The van der Waals surface area contributed by atoms with Gasteiger partial charge >= 0.3 is 0 Å². The zero-order valence-corrected chi connectivity index (χ0v) is 12.6. The van der Waals surface area contributed by atoms with E-state index in [-0.39, 0.29) is 11.4 Å². The summed E-state index contributed by atoms with van der Waals surface area (Å²) in [4.78, 5) is 12.0. The Labute approximate surface area is 127 Å². The second-order valence-corrected chi connectivity index (χ2v) is 6.12. The number of nitrogens with zero attached hydrogens (tertiary/aromatic N) is 3. The summed E-state index contributed by atoms with van der Waals surface area (Å²) in [5.74, 6) is 0.193. The number of hydrogen-bond donors (Lipinski definition) is 1. The Kier molecular flexibility index (Phi) is 3.63. The molecule has 1 aliphatic rings. The number of aliphatic imine (C=N–C) groups is 1. The first kappa shape index (κ1) is 14.0. The summed E-state index contributed by atoms with van der Waals surface area (Å²) in [6.07, 6.45) is 2.06. The van der Waals surface area contributed by atoms with Crippen molar-refractivity contribution in [2.45, 2.75) is 25.4 Å². The van der Waals surface area contributed by atoms with Crippen LogP contribution >= 0.6 is 11.3 Å². The summed E-state index contributed by atoms with van der Waals surface area (Å²) in [6.45, 7) is 3.33. The van der Waals surface area contributed by atoms with Crippen molar-refractivity contribution in [2.75, 3.05) is 6.54 Å². The summed E-state index contributed by atoms with van der Waals surface area (Å²) in [5, 5.41) is 2.04. The summed E-state index contributed by atoms with van der Waals surface area (Å²) in [7, 11) is 0. The van der Waals surface area contributed by atoms with Crippen LogP contribution in [0.1, 0.15) is 23.9 Å². The monoisotopic (exact) mass is 304 g/mol. The predicted molar refractivity (Wildman–Crippen MR) is 82.5 cm³/mol. The van der Waals surface area contributed by atoms with Crippen molar-refractivity contribution in [3.63, 3.8) is 0 Å². The smallest absolute Gasteiger partial charge is 0.192 e. The van der Waals surface area contributed by atoms with Gasteiger partial charge in [0.25, 0.3) is 0 Å². The first-order valence-corrected chi connectivity index (χ1v) is 7.75. The Hall–Kier alpha value is -1.95. The molecule has 3 heterocycles. The molecule has 110 valence electrons. The van der Waals surface area contributed by atoms with Crippen LogP contribution in [0.25, 0.3) is 0 Å². The third kappa shape index (κ3) is 2.40. The number of guanidine groups is 1. The molecular formula is C15H17FN4S. The summed E-state index contributed by atoms with van der Waals surface area (Å²) in [5.41, 5.74) is 6.52. The first-order chi connectivity index (χ1) is 10.2. The third-order valence-corrected chi connectivity index (χ3v) is 4.84. The van der Waals surface area contributed by atoms with Gasteiger partial charge in [0.1, 0.15) is 11.4 Å². The standard InChI is InChI=1S/C15H17FN4S/c1-2-15(13-6-5-11(16)8-18-13)10-19-14(17)20(15)9-12-4-3-7-21-12/h3-8H,2,9-10H2,1H3,(H2,17,19). The van der Waals surface area contributed by atoms with E-state index in [4.69, 9.17) is 5.73 Å². The van der Waals surface area contributed by atoms with Crippen molar-refractivity contribution < 1.29 is 4.39 Å². The Bertz CT molecular complexity index is 638. The second kappa shape index (κ2) is 5.44. The lowest BCUT2D eigenvalue weighted by molar-refractivity contribution is 0.182.